The average molecular weight is 299 g/mol. The van der Waals surface area contributed by atoms with E-state index in [0.717, 1.165) is 12.8 Å². The van der Waals surface area contributed by atoms with Crippen molar-refractivity contribution in [1.29, 1.82) is 0 Å². The van der Waals surface area contributed by atoms with Gasteiger partial charge in [0.15, 0.2) is 0 Å². The molecule has 0 radical (unpaired) electrons. The highest BCUT2D eigenvalue weighted by atomic mass is 16.6. The van der Waals surface area contributed by atoms with E-state index >= 15 is 0 Å². The monoisotopic (exact) mass is 299 g/mol. The molecule has 0 aliphatic heterocycles. The van der Waals surface area contributed by atoms with E-state index in [4.69, 9.17) is 4.74 Å². The van der Waals surface area contributed by atoms with Crippen molar-refractivity contribution in [2.75, 3.05) is 0 Å². The van der Waals surface area contributed by atoms with Gasteiger partial charge in [0.1, 0.15) is 11.1 Å². The Hall–Kier alpha value is -1.26. The largest absolute Gasteiger partial charge is 0.479 e. The smallest absolute Gasteiger partial charge is 0.411 e. The zero-order valence-corrected chi connectivity index (χ0v) is 14.1. The van der Waals surface area contributed by atoms with Gasteiger partial charge in [-0.3, -0.25) is 4.90 Å². The molecule has 1 aliphatic carbocycles. The van der Waals surface area contributed by atoms with E-state index in [0.29, 0.717) is 18.8 Å². The fourth-order valence-electron chi connectivity index (χ4n) is 3.23. The molecule has 1 fully saturated rings. The van der Waals surface area contributed by atoms with Crippen LogP contribution in [-0.4, -0.2) is 39.3 Å². The second-order valence-corrected chi connectivity index (χ2v) is 7.48. The van der Waals surface area contributed by atoms with Crippen LogP contribution in [0.5, 0.6) is 0 Å². The molecule has 1 aliphatic rings. The van der Waals surface area contributed by atoms with Crippen LogP contribution in [0.2, 0.25) is 0 Å². The molecule has 1 N–H and O–H groups in total. The number of hydrogen-bond acceptors (Lipinski definition) is 3. The molecule has 2 unspecified atom stereocenters. The quantitative estimate of drug-likeness (QED) is 0.863. The third-order valence-corrected chi connectivity index (χ3v) is 3.94. The molecule has 5 heteroatoms. The first-order chi connectivity index (χ1) is 9.49. The lowest BCUT2D eigenvalue weighted by Gasteiger charge is -2.46. The molecule has 1 saturated carbocycles. The van der Waals surface area contributed by atoms with Crippen molar-refractivity contribution in [2.24, 2.45) is 5.92 Å². The molecule has 0 saturated heterocycles. The van der Waals surface area contributed by atoms with Crippen LogP contribution < -0.4 is 0 Å². The Labute approximate surface area is 127 Å². The summed E-state index contributed by atoms with van der Waals surface area (Å²) in [6, 6.07) is -0.221. The Morgan fingerprint density at radius 1 is 1.33 bits per heavy atom. The molecule has 0 aromatic heterocycles. The zero-order chi connectivity index (χ0) is 16.4. The maximum Gasteiger partial charge on any atom is 0.411 e. The number of rotatable bonds is 3. The number of ether oxygens (including phenoxy) is 1. The van der Waals surface area contributed by atoms with Crippen LogP contribution in [0, 0.1) is 5.92 Å². The molecule has 0 heterocycles. The highest BCUT2D eigenvalue weighted by Gasteiger charge is 2.51. The third kappa shape index (κ3) is 4.11. The van der Waals surface area contributed by atoms with Gasteiger partial charge in [0.2, 0.25) is 0 Å². The summed E-state index contributed by atoms with van der Waals surface area (Å²) in [5, 5.41) is 9.82. The van der Waals surface area contributed by atoms with Crippen molar-refractivity contribution >= 4 is 12.1 Å². The first kappa shape index (κ1) is 17.8. The fraction of sp³-hybridized carbons (Fsp3) is 0.875. The second-order valence-electron chi connectivity index (χ2n) is 7.48. The van der Waals surface area contributed by atoms with Gasteiger partial charge in [-0.1, -0.05) is 19.8 Å². The second kappa shape index (κ2) is 6.24. The number of aliphatic carboxylic acids is 1. The van der Waals surface area contributed by atoms with Crippen LogP contribution in [0.1, 0.15) is 67.2 Å². The minimum absolute atomic E-state index is 0.221. The molecule has 0 aromatic carbocycles. The molecule has 1 amide bonds. The Morgan fingerprint density at radius 2 is 1.90 bits per heavy atom. The van der Waals surface area contributed by atoms with Crippen molar-refractivity contribution in [2.45, 2.75) is 84.4 Å². The standard InChI is InChI=1S/C16H29NO4/c1-11(2)17(14(20)21-15(4,5)6)16(13(18)19)9-7-8-12(3)10-16/h11-12H,7-10H2,1-6H3,(H,18,19). The van der Waals surface area contributed by atoms with E-state index in [1.807, 2.05) is 20.8 Å². The molecular formula is C16H29NO4. The molecule has 5 nitrogen and oxygen atoms in total. The summed E-state index contributed by atoms with van der Waals surface area (Å²) >= 11 is 0. The topological polar surface area (TPSA) is 66.8 Å². The van der Waals surface area contributed by atoms with E-state index in [1.54, 1.807) is 20.8 Å². The van der Waals surface area contributed by atoms with Crippen molar-refractivity contribution in [3.63, 3.8) is 0 Å². The highest BCUT2D eigenvalue weighted by molar-refractivity contribution is 5.85. The van der Waals surface area contributed by atoms with E-state index in [9.17, 15) is 14.7 Å². The normalized spacial score (nSPS) is 26.5. The van der Waals surface area contributed by atoms with Gasteiger partial charge in [-0.05, 0) is 53.4 Å². The van der Waals surface area contributed by atoms with E-state index in [1.165, 1.54) is 4.90 Å². The fourth-order valence-corrected chi connectivity index (χ4v) is 3.23. The number of amides is 1. The molecule has 122 valence electrons. The van der Waals surface area contributed by atoms with Gasteiger partial charge in [0.25, 0.3) is 0 Å². The van der Waals surface area contributed by atoms with Gasteiger partial charge in [-0.15, -0.1) is 0 Å². The van der Waals surface area contributed by atoms with Crippen LogP contribution in [-0.2, 0) is 9.53 Å². The van der Waals surface area contributed by atoms with Crippen LogP contribution in [0.25, 0.3) is 0 Å². The summed E-state index contributed by atoms with van der Waals surface area (Å²) < 4.78 is 5.45. The molecule has 0 aromatic rings. The summed E-state index contributed by atoms with van der Waals surface area (Å²) in [6.45, 7) is 11.1. The lowest BCUT2D eigenvalue weighted by Crippen LogP contribution is -2.62. The minimum Gasteiger partial charge on any atom is -0.479 e. The number of nitrogens with zero attached hydrogens (tertiary/aromatic N) is 1. The van der Waals surface area contributed by atoms with Gasteiger partial charge >= 0.3 is 12.1 Å². The Morgan fingerprint density at radius 3 is 2.29 bits per heavy atom. The Balaban J connectivity index is 3.16. The van der Waals surface area contributed by atoms with E-state index < -0.39 is 23.2 Å². The molecular weight excluding hydrogens is 270 g/mol. The lowest BCUT2D eigenvalue weighted by atomic mass is 9.75. The van der Waals surface area contributed by atoms with Crippen LogP contribution in [0.4, 0.5) is 4.79 Å². The summed E-state index contributed by atoms with van der Waals surface area (Å²) in [4.78, 5) is 26.0. The molecule has 0 bridgehead atoms. The predicted octanol–water partition coefficient (Wildman–Crippen LogP) is 3.67. The third-order valence-electron chi connectivity index (χ3n) is 3.94. The number of carboxylic acid groups (broad SMARTS) is 1. The van der Waals surface area contributed by atoms with Crippen molar-refractivity contribution in [3.05, 3.63) is 0 Å². The van der Waals surface area contributed by atoms with E-state index in [2.05, 4.69) is 0 Å². The van der Waals surface area contributed by atoms with Crippen molar-refractivity contribution in [1.82, 2.24) is 4.90 Å². The Bertz CT molecular complexity index is 400. The number of hydrogen-bond donors (Lipinski definition) is 1. The van der Waals surface area contributed by atoms with Gasteiger partial charge in [0.05, 0.1) is 0 Å². The lowest BCUT2D eigenvalue weighted by molar-refractivity contribution is -0.156. The Kier molecular flexibility index (Phi) is 5.29. The minimum atomic E-state index is -1.14. The number of carbonyl (C=O) groups is 2. The molecule has 21 heavy (non-hydrogen) atoms. The van der Waals surface area contributed by atoms with Gasteiger partial charge in [-0.25, -0.2) is 9.59 Å². The highest BCUT2D eigenvalue weighted by Crippen LogP contribution is 2.39. The maximum absolute atomic E-state index is 12.6. The van der Waals surface area contributed by atoms with Gasteiger partial charge in [-0.2, -0.15) is 0 Å². The van der Waals surface area contributed by atoms with Crippen molar-refractivity contribution < 1.29 is 19.4 Å². The molecule has 0 spiro atoms. The summed E-state index contributed by atoms with van der Waals surface area (Å²) in [5.41, 5.74) is -1.78. The van der Waals surface area contributed by atoms with Gasteiger partial charge in [0, 0.05) is 6.04 Å². The number of carbonyl (C=O) groups excluding carboxylic acids is 1. The maximum atomic E-state index is 12.6. The van der Waals surface area contributed by atoms with Crippen LogP contribution in [0.3, 0.4) is 0 Å². The molecule has 1 rings (SSSR count). The predicted molar refractivity (Wildman–Crippen MR) is 81.2 cm³/mol. The summed E-state index contributed by atoms with van der Waals surface area (Å²) in [5.74, 6) is -0.632. The van der Waals surface area contributed by atoms with Crippen LogP contribution >= 0.6 is 0 Å². The first-order valence-electron chi connectivity index (χ1n) is 7.75. The zero-order valence-electron chi connectivity index (χ0n) is 14.1. The van der Waals surface area contributed by atoms with Crippen molar-refractivity contribution in [3.8, 4) is 0 Å². The summed E-state index contributed by atoms with van der Waals surface area (Å²) in [6.07, 6.45) is 2.27. The summed E-state index contributed by atoms with van der Waals surface area (Å²) in [7, 11) is 0. The van der Waals surface area contributed by atoms with Crippen LogP contribution in [0.15, 0.2) is 0 Å². The SMILES string of the molecule is CC1CCCC(C(=O)O)(N(C(=O)OC(C)(C)C)C(C)C)C1. The first-order valence-corrected chi connectivity index (χ1v) is 7.75. The van der Waals surface area contributed by atoms with E-state index in [-0.39, 0.29) is 6.04 Å². The molecule has 2 atom stereocenters. The average Bonchev–Trinajstić information content (AvgIpc) is 2.25. The number of carboxylic acids is 1. The van der Waals surface area contributed by atoms with Gasteiger partial charge < -0.3 is 9.84 Å².